The van der Waals surface area contributed by atoms with E-state index in [-0.39, 0.29) is 6.04 Å². The number of aliphatic hydroxyl groups excluding tert-OH is 1. The van der Waals surface area contributed by atoms with E-state index in [0.29, 0.717) is 6.54 Å². The van der Waals surface area contributed by atoms with Crippen LogP contribution in [0, 0.1) is 0 Å². The molecule has 0 heterocycles. The largest absolute Gasteiger partial charge is 0.479 e. The molecule has 0 aromatic heterocycles. The molecule has 2 aromatic rings. The molecule has 4 heteroatoms. The molecule has 0 aliphatic carbocycles. The molecule has 0 radical (unpaired) electrons. The highest BCUT2D eigenvalue weighted by Gasteiger charge is 2.32. The lowest BCUT2D eigenvalue weighted by Gasteiger charge is -2.36. The van der Waals surface area contributed by atoms with Crippen LogP contribution in [0.1, 0.15) is 31.0 Å². The Labute approximate surface area is 149 Å². The molecule has 0 spiro atoms. The molecule has 2 aromatic carbocycles. The summed E-state index contributed by atoms with van der Waals surface area (Å²) in [6.07, 6.45) is 2.04. The number of hydrogen-bond donors (Lipinski definition) is 2. The van der Waals surface area contributed by atoms with Crippen LogP contribution in [0.25, 0.3) is 0 Å². The summed E-state index contributed by atoms with van der Waals surface area (Å²) in [5.41, 5.74) is 2.14. The Hall–Kier alpha value is -2.43. The van der Waals surface area contributed by atoms with Crippen LogP contribution in [0.5, 0.6) is 0 Å². The van der Waals surface area contributed by atoms with Gasteiger partial charge in [-0.2, -0.15) is 0 Å². The number of nitrogens with zero attached hydrogens (tertiary/aromatic N) is 1. The Morgan fingerprint density at radius 3 is 2.16 bits per heavy atom. The van der Waals surface area contributed by atoms with Gasteiger partial charge in [0.2, 0.25) is 0 Å². The van der Waals surface area contributed by atoms with Crippen molar-refractivity contribution in [3.05, 3.63) is 83.9 Å². The van der Waals surface area contributed by atoms with Crippen LogP contribution < -0.4 is 0 Å². The van der Waals surface area contributed by atoms with Gasteiger partial charge in [-0.05, 0) is 25.0 Å². The number of carboxylic acids is 1. The highest BCUT2D eigenvalue weighted by atomic mass is 16.4. The minimum atomic E-state index is -1.49. The van der Waals surface area contributed by atoms with Crippen molar-refractivity contribution in [2.24, 2.45) is 0 Å². The van der Waals surface area contributed by atoms with E-state index in [4.69, 9.17) is 0 Å². The minimum absolute atomic E-state index is 0.0587. The maximum atomic E-state index is 11.4. The zero-order chi connectivity index (χ0) is 18.2. The molecule has 25 heavy (non-hydrogen) atoms. The van der Waals surface area contributed by atoms with E-state index >= 15 is 0 Å². The fraction of sp³-hybridized carbons (Fsp3) is 0.286. The van der Waals surface area contributed by atoms with Gasteiger partial charge >= 0.3 is 5.97 Å². The van der Waals surface area contributed by atoms with Crippen LogP contribution in [0.4, 0.5) is 0 Å². The molecule has 2 N–H and O–H groups in total. The second-order valence-electron chi connectivity index (χ2n) is 6.04. The highest BCUT2D eigenvalue weighted by molar-refractivity contribution is 5.73. The lowest BCUT2D eigenvalue weighted by atomic mass is 10.00. The standard InChI is InChI=1S/C21H25NO3/c1-3-10-19(20(23)21(24)25)22(15-17-11-6-4-7-12-17)16(2)18-13-8-5-9-14-18/h3-14,16,19-20,23H,15H2,1-2H3,(H,24,25)/t16-,19-,20?/m0/s1. The van der Waals surface area contributed by atoms with Crippen molar-refractivity contribution in [3.8, 4) is 0 Å². The quantitative estimate of drug-likeness (QED) is 0.721. The van der Waals surface area contributed by atoms with Gasteiger partial charge in [-0.25, -0.2) is 4.79 Å². The smallest absolute Gasteiger partial charge is 0.334 e. The number of hydrogen-bond acceptors (Lipinski definition) is 3. The van der Waals surface area contributed by atoms with E-state index in [0.717, 1.165) is 11.1 Å². The molecule has 0 bridgehead atoms. The zero-order valence-corrected chi connectivity index (χ0v) is 14.6. The first-order chi connectivity index (χ1) is 12.0. The molecule has 0 saturated carbocycles. The SMILES string of the molecule is CC=C[C@@H](C(O)C(=O)O)N(Cc1ccccc1)[C@@H](C)c1ccccc1. The first kappa shape index (κ1) is 18.9. The van der Waals surface area contributed by atoms with Gasteiger partial charge in [0, 0.05) is 12.6 Å². The number of allylic oxidation sites excluding steroid dienone is 1. The molecule has 132 valence electrons. The van der Waals surface area contributed by atoms with Gasteiger partial charge in [0.05, 0.1) is 6.04 Å². The Morgan fingerprint density at radius 1 is 1.08 bits per heavy atom. The average molecular weight is 339 g/mol. The number of rotatable bonds is 8. The molecule has 0 aliphatic rings. The predicted molar refractivity (Wildman–Crippen MR) is 99.1 cm³/mol. The number of aliphatic carboxylic acids is 1. The summed E-state index contributed by atoms with van der Waals surface area (Å²) in [5, 5.41) is 19.6. The monoisotopic (exact) mass is 339 g/mol. The van der Waals surface area contributed by atoms with Crippen LogP contribution in [-0.2, 0) is 11.3 Å². The summed E-state index contributed by atoms with van der Waals surface area (Å²) in [6.45, 7) is 4.40. The van der Waals surface area contributed by atoms with Gasteiger partial charge in [-0.1, -0.05) is 72.8 Å². The van der Waals surface area contributed by atoms with Gasteiger partial charge in [0.25, 0.3) is 0 Å². The Kier molecular flexibility index (Phi) is 6.92. The van der Waals surface area contributed by atoms with Crippen molar-refractivity contribution in [2.45, 2.75) is 38.6 Å². The molecular weight excluding hydrogens is 314 g/mol. The van der Waals surface area contributed by atoms with Crippen LogP contribution >= 0.6 is 0 Å². The van der Waals surface area contributed by atoms with Gasteiger partial charge in [0.1, 0.15) is 0 Å². The summed E-state index contributed by atoms with van der Waals surface area (Å²) in [6, 6.07) is 19.1. The summed E-state index contributed by atoms with van der Waals surface area (Å²) in [4.78, 5) is 13.4. The maximum Gasteiger partial charge on any atom is 0.334 e. The fourth-order valence-corrected chi connectivity index (χ4v) is 2.96. The zero-order valence-electron chi connectivity index (χ0n) is 14.6. The molecule has 0 aliphatic heterocycles. The molecule has 1 unspecified atom stereocenters. The lowest BCUT2D eigenvalue weighted by Crippen LogP contribution is -2.46. The second kappa shape index (κ2) is 9.16. The third-order valence-electron chi connectivity index (χ3n) is 4.34. The van der Waals surface area contributed by atoms with Gasteiger partial charge in [-0.15, -0.1) is 0 Å². The van der Waals surface area contributed by atoms with Crippen LogP contribution in [0.3, 0.4) is 0 Å². The number of carbonyl (C=O) groups is 1. The van der Waals surface area contributed by atoms with E-state index in [2.05, 4.69) is 0 Å². The minimum Gasteiger partial charge on any atom is -0.479 e. The first-order valence-electron chi connectivity index (χ1n) is 8.43. The predicted octanol–water partition coefficient (Wildman–Crippen LogP) is 3.64. The van der Waals surface area contributed by atoms with Crippen LogP contribution in [0.2, 0.25) is 0 Å². The summed E-state index contributed by atoms with van der Waals surface area (Å²) in [7, 11) is 0. The highest BCUT2D eigenvalue weighted by Crippen LogP contribution is 2.27. The topological polar surface area (TPSA) is 60.8 Å². The van der Waals surface area contributed by atoms with E-state index in [1.807, 2.05) is 79.4 Å². The normalized spacial score (nSPS) is 15.2. The maximum absolute atomic E-state index is 11.4. The van der Waals surface area contributed by atoms with Crippen molar-refractivity contribution in [1.29, 1.82) is 0 Å². The molecule has 0 saturated heterocycles. The Balaban J connectivity index is 2.40. The van der Waals surface area contributed by atoms with Crippen molar-refractivity contribution in [1.82, 2.24) is 4.90 Å². The molecule has 0 amide bonds. The Morgan fingerprint density at radius 2 is 1.64 bits per heavy atom. The van der Waals surface area contributed by atoms with Crippen molar-refractivity contribution in [2.75, 3.05) is 0 Å². The van der Waals surface area contributed by atoms with E-state index in [1.54, 1.807) is 12.2 Å². The number of aliphatic hydroxyl groups is 1. The molecule has 0 fully saturated rings. The number of benzene rings is 2. The number of carboxylic acid groups (broad SMARTS) is 1. The van der Waals surface area contributed by atoms with Crippen molar-refractivity contribution < 1.29 is 15.0 Å². The van der Waals surface area contributed by atoms with E-state index in [1.165, 1.54) is 0 Å². The average Bonchev–Trinajstić information content (AvgIpc) is 2.65. The van der Waals surface area contributed by atoms with Crippen LogP contribution in [-0.4, -0.2) is 33.2 Å². The van der Waals surface area contributed by atoms with E-state index < -0.39 is 18.1 Å². The van der Waals surface area contributed by atoms with Gasteiger partial charge in [-0.3, -0.25) is 4.90 Å². The van der Waals surface area contributed by atoms with Crippen molar-refractivity contribution in [3.63, 3.8) is 0 Å². The van der Waals surface area contributed by atoms with Gasteiger partial charge < -0.3 is 10.2 Å². The summed E-state index contributed by atoms with van der Waals surface area (Å²) in [5.74, 6) is -1.22. The van der Waals surface area contributed by atoms with Crippen LogP contribution in [0.15, 0.2) is 72.8 Å². The van der Waals surface area contributed by atoms with Gasteiger partial charge in [0.15, 0.2) is 6.10 Å². The lowest BCUT2D eigenvalue weighted by molar-refractivity contribution is -0.150. The fourth-order valence-electron chi connectivity index (χ4n) is 2.96. The summed E-state index contributed by atoms with van der Waals surface area (Å²) >= 11 is 0. The summed E-state index contributed by atoms with van der Waals surface area (Å²) < 4.78 is 0. The molecule has 2 rings (SSSR count). The first-order valence-corrected chi connectivity index (χ1v) is 8.43. The molecule has 4 nitrogen and oxygen atoms in total. The second-order valence-corrected chi connectivity index (χ2v) is 6.04. The molecular formula is C21H25NO3. The molecule has 3 atom stereocenters. The third kappa shape index (κ3) is 5.02. The van der Waals surface area contributed by atoms with E-state index in [9.17, 15) is 15.0 Å². The van der Waals surface area contributed by atoms with Crippen molar-refractivity contribution >= 4 is 5.97 Å². The third-order valence-corrected chi connectivity index (χ3v) is 4.34. The Bertz CT molecular complexity index is 685.